The molecule has 1 aliphatic rings. The maximum absolute atomic E-state index is 12.1. The van der Waals surface area contributed by atoms with Crippen LogP contribution in [0.4, 0.5) is 0 Å². The van der Waals surface area contributed by atoms with E-state index in [0.717, 1.165) is 43.5 Å². The number of hydrogen-bond donors (Lipinski definition) is 3. The minimum Gasteiger partial charge on any atom is -0.493 e. The molecule has 1 saturated carbocycles. The lowest BCUT2D eigenvalue weighted by molar-refractivity contribution is 0.0995. The summed E-state index contributed by atoms with van der Waals surface area (Å²) >= 11 is 0. The zero-order chi connectivity index (χ0) is 26.3. The molecule has 0 aromatic heterocycles. The molecule has 204 valence electrons. The smallest absolute Gasteiger partial charge is 0.252 e. The van der Waals surface area contributed by atoms with Crippen molar-refractivity contribution in [2.45, 2.75) is 43.8 Å². The summed E-state index contributed by atoms with van der Waals surface area (Å²) < 4.78 is 16.8. The molecule has 0 aliphatic heterocycles. The van der Waals surface area contributed by atoms with Crippen LogP contribution in [0.2, 0.25) is 0 Å². The zero-order valence-corrected chi connectivity index (χ0v) is 22.8. The molecule has 1 amide bonds. The van der Waals surface area contributed by atoms with E-state index in [1.165, 1.54) is 5.56 Å². The van der Waals surface area contributed by atoms with Crippen molar-refractivity contribution in [3.05, 3.63) is 89.0 Å². The van der Waals surface area contributed by atoms with Crippen LogP contribution in [-0.2, 0) is 12.0 Å². The van der Waals surface area contributed by atoms with E-state index >= 15 is 0 Å². The van der Waals surface area contributed by atoms with Gasteiger partial charge in [-0.05, 0) is 53.8 Å². The van der Waals surface area contributed by atoms with E-state index in [9.17, 15) is 9.90 Å². The van der Waals surface area contributed by atoms with Gasteiger partial charge in [0, 0.05) is 18.5 Å². The van der Waals surface area contributed by atoms with Crippen LogP contribution >= 0.6 is 12.4 Å². The second-order valence-corrected chi connectivity index (χ2v) is 9.60. The summed E-state index contributed by atoms with van der Waals surface area (Å²) in [6.07, 6.45) is 3.64. The number of halogens is 1. The van der Waals surface area contributed by atoms with Gasteiger partial charge < -0.3 is 30.4 Å². The van der Waals surface area contributed by atoms with E-state index in [0.29, 0.717) is 30.2 Å². The van der Waals surface area contributed by atoms with Gasteiger partial charge in [0.25, 0.3) is 5.91 Å². The average molecular weight is 541 g/mol. The zero-order valence-electron chi connectivity index (χ0n) is 21.9. The highest BCUT2D eigenvalue weighted by Gasteiger charge is 2.36. The third-order valence-electron chi connectivity index (χ3n) is 7.25. The number of amides is 1. The molecular formula is C30H37ClN2O5. The van der Waals surface area contributed by atoms with Gasteiger partial charge in [-0.3, -0.25) is 4.79 Å². The summed E-state index contributed by atoms with van der Waals surface area (Å²) in [6.45, 7) is 1.39. The second-order valence-electron chi connectivity index (χ2n) is 9.60. The summed E-state index contributed by atoms with van der Waals surface area (Å²) in [5.74, 6) is 1.24. The van der Waals surface area contributed by atoms with Gasteiger partial charge in [-0.1, -0.05) is 55.3 Å². The lowest BCUT2D eigenvalue weighted by Crippen LogP contribution is -2.37. The van der Waals surface area contributed by atoms with Crippen molar-refractivity contribution in [1.29, 1.82) is 0 Å². The lowest BCUT2D eigenvalue weighted by atomic mass is 9.78. The molecule has 4 rings (SSSR count). The van der Waals surface area contributed by atoms with Crippen LogP contribution in [0.15, 0.2) is 66.7 Å². The molecule has 7 nitrogen and oxygen atoms in total. The molecule has 1 atom stereocenters. The van der Waals surface area contributed by atoms with Crippen molar-refractivity contribution in [3.63, 3.8) is 0 Å². The van der Waals surface area contributed by atoms with Crippen LogP contribution in [0, 0.1) is 0 Å². The van der Waals surface area contributed by atoms with Crippen molar-refractivity contribution < 1.29 is 24.1 Å². The highest BCUT2D eigenvalue weighted by Crippen LogP contribution is 2.43. The highest BCUT2D eigenvalue weighted by molar-refractivity contribution is 5.95. The molecular weight excluding hydrogens is 504 g/mol. The van der Waals surface area contributed by atoms with Gasteiger partial charge in [0.2, 0.25) is 0 Å². The maximum Gasteiger partial charge on any atom is 0.252 e. The van der Waals surface area contributed by atoms with Crippen LogP contribution in [0.5, 0.6) is 17.2 Å². The van der Waals surface area contributed by atoms with E-state index in [4.69, 9.17) is 19.9 Å². The van der Waals surface area contributed by atoms with Gasteiger partial charge in [0.1, 0.15) is 12.4 Å². The Kier molecular flexibility index (Phi) is 10.4. The van der Waals surface area contributed by atoms with Crippen molar-refractivity contribution >= 4 is 18.3 Å². The van der Waals surface area contributed by atoms with Crippen LogP contribution in [-0.4, -0.2) is 38.3 Å². The van der Waals surface area contributed by atoms with Gasteiger partial charge >= 0.3 is 0 Å². The lowest BCUT2D eigenvalue weighted by Gasteiger charge is -2.31. The topological polar surface area (TPSA) is 103 Å². The Morgan fingerprint density at radius 1 is 0.974 bits per heavy atom. The fourth-order valence-electron chi connectivity index (χ4n) is 5.16. The summed E-state index contributed by atoms with van der Waals surface area (Å²) in [5, 5.41) is 14.4. The van der Waals surface area contributed by atoms with E-state index in [1.807, 2.05) is 36.4 Å². The molecule has 1 aliphatic carbocycles. The molecule has 3 aromatic rings. The van der Waals surface area contributed by atoms with Crippen LogP contribution in [0.3, 0.4) is 0 Å². The Hall–Kier alpha value is -3.26. The first-order valence-electron chi connectivity index (χ1n) is 12.7. The predicted octanol–water partition coefficient (Wildman–Crippen LogP) is 4.94. The standard InChI is InChI=1S/C30H36N2O5.ClH/c1-35-27-13-11-23(17-28(27)36-2)30(14-6-7-15-30)20-32-18-25(33)22-10-12-26(24(16-22)29(31)34)37-19-21-8-4-3-5-9-21;/h3-5,8-13,16-17,25,32-33H,6-7,14-15,18-20H2,1-2H3,(H2,31,34);1H. The minimum atomic E-state index is -0.801. The average Bonchev–Trinajstić information content (AvgIpc) is 3.41. The number of rotatable bonds is 12. The Labute approximate surface area is 230 Å². The van der Waals surface area contributed by atoms with E-state index < -0.39 is 12.0 Å². The summed E-state index contributed by atoms with van der Waals surface area (Å²) in [5.41, 5.74) is 8.65. The Morgan fingerprint density at radius 2 is 1.66 bits per heavy atom. The number of nitrogens with one attached hydrogen (secondary N) is 1. The number of nitrogens with two attached hydrogens (primary N) is 1. The normalized spacial score (nSPS) is 14.8. The molecule has 0 radical (unpaired) electrons. The van der Waals surface area contributed by atoms with Gasteiger partial charge in [0.15, 0.2) is 11.5 Å². The van der Waals surface area contributed by atoms with Gasteiger partial charge in [0.05, 0.1) is 25.9 Å². The van der Waals surface area contributed by atoms with E-state index in [-0.39, 0.29) is 23.4 Å². The third-order valence-corrected chi connectivity index (χ3v) is 7.25. The molecule has 1 fully saturated rings. The summed E-state index contributed by atoms with van der Waals surface area (Å²) in [7, 11) is 3.29. The molecule has 1 unspecified atom stereocenters. The largest absolute Gasteiger partial charge is 0.493 e. The number of ether oxygens (including phenoxy) is 3. The minimum absolute atomic E-state index is 0. The quantitative estimate of drug-likeness (QED) is 0.301. The van der Waals surface area contributed by atoms with Crippen molar-refractivity contribution in [1.82, 2.24) is 5.32 Å². The Morgan fingerprint density at radius 3 is 2.32 bits per heavy atom. The molecule has 0 spiro atoms. The van der Waals surface area contributed by atoms with Gasteiger partial charge in [-0.25, -0.2) is 0 Å². The maximum atomic E-state index is 12.1. The number of primary amides is 1. The third kappa shape index (κ3) is 6.78. The van der Waals surface area contributed by atoms with Gasteiger partial charge in [-0.15, -0.1) is 12.4 Å². The molecule has 38 heavy (non-hydrogen) atoms. The molecule has 3 aromatic carbocycles. The number of methoxy groups -OCH3 is 2. The summed E-state index contributed by atoms with van der Waals surface area (Å²) in [4.78, 5) is 12.1. The van der Waals surface area contributed by atoms with Crippen molar-refractivity contribution in [3.8, 4) is 17.2 Å². The number of carbonyl (C=O) groups is 1. The fourth-order valence-corrected chi connectivity index (χ4v) is 5.16. The van der Waals surface area contributed by atoms with Gasteiger partial charge in [-0.2, -0.15) is 0 Å². The Balaban J connectivity index is 0.00000400. The molecule has 4 N–H and O–H groups in total. The molecule has 0 saturated heterocycles. The highest BCUT2D eigenvalue weighted by atomic mass is 35.5. The summed E-state index contributed by atoms with van der Waals surface area (Å²) in [6, 6.07) is 20.9. The molecule has 0 heterocycles. The number of carbonyl (C=O) groups excluding carboxylic acids is 1. The SMILES string of the molecule is COc1ccc(C2(CNCC(O)c3ccc(OCc4ccccc4)c(C(N)=O)c3)CCCC2)cc1OC.Cl. The van der Waals surface area contributed by atoms with Crippen molar-refractivity contribution in [2.24, 2.45) is 5.73 Å². The van der Waals surface area contributed by atoms with E-state index in [2.05, 4.69) is 17.4 Å². The first kappa shape index (κ1) is 29.3. The second kappa shape index (κ2) is 13.5. The van der Waals surface area contributed by atoms with Crippen LogP contribution in [0.25, 0.3) is 0 Å². The van der Waals surface area contributed by atoms with Crippen molar-refractivity contribution in [2.75, 3.05) is 27.3 Å². The van der Waals surface area contributed by atoms with Crippen LogP contribution in [0.1, 0.15) is 58.8 Å². The number of hydrogen-bond acceptors (Lipinski definition) is 6. The first-order valence-corrected chi connectivity index (χ1v) is 12.7. The Bertz CT molecular complexity index is 1200. The fraction of sp³-hybridized carbons (Fsp3) is 0.367. The number of benzene rings is 3. The number of aliphatic hydroxyl groups excluding tert-OH is 1. The first-order chi connectivity index (χ1) is 18.0. The molecule has 8 heteroatoms. The van der Waals surface area contributed by atoms with Crippen LogP contribution < -0.4 is 25.3 Å². The predicted molar refractivity (Wildman–Crippen MR) is 151 cm³/mol. The molecule has 0 bridgehead atoms. The van der Waals surface area contributed by atoms with E-state index in [1.54, 1.807) is 32.4 Å². The monoisotopic (exact) mass is 540 g/mol. The number of aliphatic hydroxyl groups is 1.